The number of aromatic amines is 1. The highest BCUT2D eigenvalue weighted by molar-refractivity contribution is 5.92. The summed E-state index contributed by atoms with van der Waals surface area (Å²) in [6.07, 6.45) is 1.10. The summed E-state index contributed by atoms with van der Waals surface area (Å²) < 4.78 is 0. The van der Waals surface area contributed by atoms with Gasteiger partial charge in [0.25, 0.3) is 5.91 Å². The predicted molar refractivity (Wildman–Crippen MR) is 123 cm³/mol. The van der Waals surface area contributed by atoms with Crippen molar-refractivity contribution in [1.29, 1.82) is 0 Å². The molecule has 2 aromatic rings. The molecule has 1 aromatic carbocycles. The lowest BCUT2D eigenvalue weighted by Crippen LogP contribution is -2.54. The van der Waals surface area contributed by atoms with Crippen molar-refractivity contribution in [3.05, 3.63) is 53.6 Å². The average Bonchev–Trinajstić information content (AvgIpc) is 3.37. The van der Waals surface area contributed by atoms with E-state index >= 15 is 0 Å². The standard InChI is InChI=1S/C24H33N5O4/c1-15(30)26-20(24(2,3)4)23(33)29-14-17(31)11-19(29)21-25-12-18(27-21)22(32)28(5)13-16-9-7-6-8-10-16/h6-10,12,17,19-20,31H,11,13-14H2,1-5H3,(H,25,27)(H,26,30)/t17-,19+,20-/m1/s1. The molecule has 0 radical (unpaired) electrons. The van der Waals surface area contributed by atoms with E-state index in [4.69, 9.17) is 0 Å². The van der Waals surface area contributed by atoms with Gasteiger partial charge in [0.1, 0.15) is 17.6 Å². The van der Waals surface area contributed by atoms with E-state index in [2.05, 4.69) is 15.3 Å². The third kappa shape index (κ3) is 5.78. The number of benzene rings is 1. The van der Waals surface area contributed by atoms with Crippen molar-refractivity contribution in [2.45, 2.75) is 58.8 Å². The molecular formula is C24H33N5O4. The van der Waals surface area contributed by atoms with E-state index in [1.54, 1.807) is 11.9 Å². The van der Waals surface area contributed by atoms with Crippen molar-refractivity contribution in [2.24, 2.45) is 5.41 Å². The first-order valence-corrected chi connectivity index (χ1v) is 11.1. The number of amides is 3. The Morgan fingerprint density at radius 3 is 2.55 bits per heavy atom. The maximum absolute atomic E-state index is 13.4. The number of aliphatic hydroxyl groups is 1. The summed E-state index contributed by atoms with van der Waals surface area (Å²) in [5.41, 5.74) is 0.725. The number of aliphatic hydroxyl groups excluding tert-OH is 1. The van der Waals surface area contributed by atoms with Gasteiger partial charge in [0.2, 0.25) is 11.8 Å². The fourth-order valence-corrected chi connectivity index (χ4v) is 4.08. The molecular weight excluding hydrogens is 422 g/mol. The monoisotopic (exact) mass is 455 g/mol. The second-order valence-corrected chi connectivity index (χ2v) is 9.71. The van der Waals surface area contributed by atoms with E-state index in [-0.39, 0.29) is 30.0 Å². The number of hydrogen-bond donors (Lipinski definition) is 3. The molecule has 3 rings (SSSR count). The maximum Gasteiger partial charge on any atom is 0.274 e. The van der Waals surface area contributed by atoms with Crippen LogP contribution in [0.1, 0.15) is 62.0 Å². The number of H-pyrrole nitrogens is 1. The molecule has 2 heterocycles. The molecule has 1 aliphatic rings. The highest BCUT2D eigenvalue weighted by atomic mass is 16.3. The van der Waals surface area contributed by atoms with Gasteiger partial charge in [-0.05, 0) is 11.0 Å². The summed E-state index contributed by atoms with van der Waals surface area (Å²) in [5.74, 6) is -0.396. The van der Waals surface area contributed by atoms with Crippen LogP contribution >= 0.6 is 0 Å². The molecule has 9 heteroatoms. The predicted octanol–water partition coefficient (Wildman–Crippen LogP) is 1.87. The van der Waals surface area contributed by atoms with E-state index in [1.165, 1.54) is 18.0 Å². The Balaban J connectivity index is 1.78. The fraction of sp³-hybridized carbons (Fsp3) is 0.500. The lowest BCUT2D eigenvalue weighted by Gasteiger charge is -2.35. The Bertz CT molecular complexity index is 998. The smallest absolute Gasteiger partial charge is 0.274 e. The molecule has 178 valence electrons. The topological polar surface area (TPSA) is 119 Å². The van der Waals surface area contributed by atoms with Crippen molar-refractivity contribution in [1.82, 2.24) is 25.1 Å². The first-order valence-electron chi connectivity index (χ1n) is 11.1. The third-order valence-electron chi connectivity index (χ3n) is 5.76. The molecule has 3 atom stereocenters. The highest BCUT2D eigenvalue weighted by Crippen LogP contribution is 2.33. The minimum atomic E-state index is -0.754. The van der Waals surface area contributed by atoms with Crippen LogP contribution in [0.25, 0.3) is 0 Å². The molecule has 0 bridgehead atoms. The normalized spacial score (nSPS) is 19.3. The molecule has 3 amide bonds. The quantitative estimate of drug-likeness (QED) is 0.614. The van der Waals surface area contributed by atoms with Gasteiger partial charge in [-0.15, -0.1) is 0 Å². The number of β-amino-alcohol motifs (C(OH)–C–C–N with tert-alkyl or cyclic N) is 1. The Kier molecular flexibility index (Phi) is 7.22. The minimum Gasteiger partial charge on any atom is -0.391 e. The molecule has 1 saturated heterocycles. The van der Waals surface area contributed by atoms with Crippen molar-refractivity contribution in [3.63, 3.8) is 0 Å². The van der Waals surface area contributed by atoms with Crippen LogP contribution in [-0.4, -0.2) is 68.3 Å². The van der Waals surface area contributed by atoms with Crippen molar-refractivity contribution < 1.29 is 19.5 Å². The maximum atomic E-state index is 13.4. The number of nitrogens with one attached hydrogen (secondary N) is 2. The SMILES string of the molecule is CC(=O)N[C@H](C(=O)N1C[C@H](O)C[C@H]1c1nc(C(=O)N(C)Cc2ccccc2)c[nH]1)C(C)(C)C. The van der Waals surface area contributed by atoms with Crippen LogP contribution in [0.2, 0.25) is 0 Å². The van der Waals surface area contributed by atoms with Gasteiger partial charge in [0, 0.05) is 39.7 Å². The molecule has 9 nitrogen and oxygen atoms in total. The first kappa shape index (κ1) is 24.4. The second-order valence-electron chi connectivity index (χ2n) is 9.71. The zero-order valence-corrected chi connectivity index (χ0v) is 19.8. The average molecular weight is 456 g/mol. The van der Waals surface area contributed by atoms with E-state index in [1.807, 2.05) is 51.1 Å². The van der Waals surface area contributed by atoms with E-state index in [0.717, 1.165) is 5.56 Å². The summed E-state index contributed by atoms with van der Waals surface area (Å²) in [5, 5.41) is 13.1. The van der Waals surface area contributed by atoms with Gasteiger partial charge in [-0.1, -0.05) is 51.1 Å². The molecule has 1 aromatic heterocycles. The van der Waals surface area contributed by atoms with Crippen molar-refractivity contribution in [3.8, 4) is 0 Å². The molecule has 3 N–H and O–H groups in total. The van der Waals surface area contributed by atoms with Crippen molar-refractivity contribution in [2.75, 3.05) is 13.6 Å². The van der Waals surface area contributed by atoms with Crippen LogP contribution in [0, 0.1) is 5.41 Å². The summed E-state index contributed by atoms with van der Waals surface area (Å²) >= 11 is 0. The van der Waals surface area contributed by atoms with Crippen LogP contribution in [0.3, 0.4) is 0 Å². The number of rotatable bonds is 6. The molecule has 1 aliphatic heterocycles. The van der Waals surface area contributed by atoms with Crippen LogP contribution in [0.5, 0.6) is 0 Å². The molecule has 33 heavy (non-hydrogen) atoms. The number of hydrogen-bond acceptors (Lipinski definition) is 5. The number of aromatic nitrogens is 2. The number of carbonyl (C=O) groups is 3. The first-order chi connectivity index (χ1) is 15.5. The van der Waals surface area contributed by atoms with E-state index in [0.29, 0.717) is 18.8 Å². The van der Waals surface area contributed by atoms with E-state index in [9.17, 15) is 19.5 Å². The van der Waals surface area contributed by atoms with Crippen molar-refractivity contribution >= 4 is 17.7 Å². The van der Waals surface area contributed by atoms with Gasteiger partial charge >= 0.3 is 0 Å². The van der Waals surface area contributed by atoms with Gasteiger partial charge in [-0.2, -0.15) is 0 Å². The molecule has 0 spiro atoms. The largest absolute Gasteiger partial charge is 0.391 e. The van der Waals surface area contributed by atoms with Crippen LogP contribution < -0.4 is 5.32 Å². The summed E-state index contributed by atoms with van der Waals surface area (Å²) in [6, 6.07) is 8.38. The lowest BCUT2D eigenvalue weighted by atomic mass is 9.85. The molecule has 1 fully saturated rings. The number of nitrogens with zero attached hydrogens (tertiary/aromatic N) is 3. The molecule has 0 saturated carbocycles. The van der Waals surface area contributed by atoms with Crippen LogP contribution in [0.15, 0.2) is 36.5 Å². The van der Waals surface area contributed by atoms with Gasteiger partial charge in [-0.25, -0.2) is 4.98 Å². The Morgan fingerprint density at radius 1 is 1.27 bits per heavy atom. The van der Waals surface area contributed by atoms with E-state index < -0.39 is 23.6 Å². The molecule has 0 aliphatic carbocycles. The highest BCUT2D eigenvalue weighted by Gasteiger charge is 2.43. The van der Waals surface area contributed by atoms with Crippen LogP contribution in [0.4, 0.5) is 0 Å². The Hall–Kier alpha value is -3.20. The van der Waals surface area contributed by atoms with Gasteiger partial charge < -0.3 is 25.2 Å². The zero-order chi connectivity index (χ0) is 24.3. The third-order valence-corrected chi connectivity index (χ3v) is 5.76. The summed E-state index contributed by atoms with van der Waals surface area (Å²) in [4.78, 5) is 48.6. The fourth-order valence-electron chi connectivity index (χ4n) is 4.08. The van der Waals surface area contributed by atoms with Gasteiger partial charge in [0.05, 0.1) is 12.1 Å². The van der Waals surface area contributed by atoms with Crippen LogP contribution in [-0.2, 0) is 16.1 Å². The Labute approximate surface area is 194 Å². The van der Waals surface area contributed by atoms with Gasteiger partial charge in [0.15, 0.2) is 0 Å². The number of likely N-dealkylation sites (tertiary alicyclic amines) is 1. The number of carbonyl (C=O) groups excluding carboxylic acids is 3. The summed E-state index contributed by atoms with van der Waals surface area (Å²) in [7, 11) is 1.71. The Morgan fingerprint density at radius 2 is 1.94 bits per heavy atom. The summed E-state index contributed by atoms with van der Waals surface area (Å²) in [6.45, 7) is 7.57. The van der Waals surface area contributed by atoms with Gasteiger partial charge in [-0.3, -0.25) is 14.4 Å². The second kappa shape index (κ2) is 9.74. The molecule has 0 unspecified atom stereocenters. The lowest BCUT2D eigenvalue weighted by molar-refractivity contribution is -0.140. The minimum absolute atomic E-state index is 0.132. The zero-order valence-electron chi connectivity index (χ0n) is 19.8. The number of imidazole rings is 1.